The normalized spacial score (nSPS) is 14.1. The molecule has 1 N–H and O–H groups in total. The molecule has 0 radical (unpaired) electrons. The van der Waals surface area contributed by atoms with Crippen molar-refractivity contribution in [3.8, 4) is 16.9 Å². The number of aromatic nitrogens is 2. The molecule has 1 aliphatic rings. The Labute approximate surface area is 271 Å². The second-order valence-electron chi connectivity index (χ2n) is 10.6. The first-order chi connectivity index (χ1) is 22.6. The molecule has 0 saturated heterocycles. The number of fused-ring (bicyclic) bond motifs is 1. The van der Waals surface area contributed by atoms with Crippen LogP contribution in [0.5, 0.6) is 0 Å². The van der Waals surface area contributed by atoms with Gasteiger partial charge >= 0.3 is 6.18 Å². The van der Waals surface area contributed by atoms with E-state index in [4.69, 9.17) is 4.84 Å². The molecule has 3 aromatic carbocycles. The predicted molar refractivity (Wildman–Crippen MR) is 160 cm³/mol. The second-order valence-corrected chi connectivity index (χ2v) is 12.3. The first-order valence-electron chi connectivity index (χ1n) is 14.0. The molecule has 18 heteroatoms. The highest BCUT2D eigenvalue weighted by molar-refractivity contribution is 7.90. The molecule has 0 saturated carbocycles. The van der Waals surface area contributed by atoms with Crippen molar-refractivity contribution in [2.45, 2.75) is 31.0 Å². The van der Waals surface area contributed by atoms with Gasteiger partial charge in [0.1, 0.15) is 0 Å². The van der Waals surface area contributed by atoms with Crippen LogP contribution >= 0.6 is 0 Å². The molecule has 3 amide bonds. The molecule has 5 rings (SSSR count). The van der Waals surface area contributed by atoms with Gasteiger partial charge in [-0.25, -0.2) is 22.7 Å². The lowest BCUT2D eigenvalue weighted by molar-refractivity contribution is -0.709. The molecule has 48 heavy (non-hydrogen) atoms. The van der Waals surface area contributed by atoms with E-state index in [2.05, 4.69) is 10.4 Å². The van der Waals surface area contributed by atoms with Gasteiger partial charge in [-0.1, -0.05) is 42.0 Å². The van der Waals surface area contributed by atoms with Crippen LogP contribution in [0.3, 0.4) is 0 Å². The van der Waals surface area contributed by atoms with Crippen LogP contribution in [0.15, 0.2) is 89.0 Å². The number of alkyl halides is 3. The van der Waals surface area contributed by atoms with E-state index in [-0.39, 0.29) is 27.5 Å². The molecule has 0 bridgehead atoms. The monoisotopic (exact) mass is 685 g/mol. The number of carbonyl (C=O) groups excluding carboxylic acids is 3. The number of nitrogens with zero attached hydrogens (tertiary/aromatic N) is 6. The zero-order chi connectivity index (χ0) is 35.0. The molecular formula is C30H26F3N7O7S. The molecule has 1 atom stereocenters. The molecule has 0 spiro atoms. The number of benzene rings is 3. The molecule has 14 nitrogen and oxygen atoms in total. The maximum Gasteiger partial charge on any atom is 0.435 e. The van der Waals surface area contributed by atoms with Crippen LogP contribution in [0.4, 0.5) is 13.2 Å². The average Bonchev–Trinajstić information content (AvgIpc) is 3.61. The Kier molecular flexibility index (Phi) is 8.94. The van der Waals surface area contributed by atoms with Crippen molar-refractivity contribution in [2.24, 2.45) is 5.28 Å². The van der Waals surface area contributed by atoms with E-state index in [9.17, 15) is 41.2 Å². The number of halogens is 3. The predicted octanol–water partition coefficient (Wildman–Crippen LogP) is 4.05. The van der Waals surface area contributed by atoms with Crippen molar-refractivity contribution in [3.05, 3.63) is 106 Å². The van der Waals surface area contributed by atoms with Gasteiger partial charge in [0, 0.05) is 5.56 Å². The van der Waals surface area contributed by atoms with E-state index in [0.717, 1.165) is 40.4 Å². The van der Waals surface area contributed by atoms with Crippen LogP contribution in [0, 0.1) is 12.1 Å². The smallest absolute Gasteiger partial charge is 0.435 e. The minimum atomic E-state index is -4.74. The standard InChI is InChI=1S/C30H26F3N7O7S/c1-18-8-10-20(11-9-18)25-16-26(30(31,32)33)34-39(25)21-12-14-22(15-13-21)48(45,46)35-27(41)19(2)37(3)40(44)36-47-17-38-28(42)23-6-4-5-7-24(23)29(38)43/h4-16,19H,17H2,1-3H3,(H,35,41)/b40-36+/t19-/m0/s1. The Bertz CT molecular complexity index is 2000. The van der Waals surface area contributed by atoms with Gasteiger partial charge in [-0.3, -0.25) is 14.4 Å². The summed E-state index contributed by atoms with van der Waals surface area (Å²) in [5, 5.41) is 20.0. The minimum Gasteiger partial charge on any atom is -0.569 e. The van der Waals surface area contributed by atoms with Crippen LogP contribution in [0.1, 0.15) is 38.9 Å². The number of imide groups is 1. The summed E-state index contributed by atoms with van der Waals surface area (Å²) in [5.74, 6) is -2.43. The number of amides is 3. The maximum atomic E-state index is 13.5. The molecule has 0 unspecified atom stereocenters. The largest absolute Gasteiger partial charge is 0.569 e. The lowest BCUT2D eigenvalue weighted by Gasteiger charge is -2.20. The van der Waals surface area contributed by atoms with Crippen LogP contribution in [-0.4, -0.2) is 70.6 Å². The van der Waals surface area contributed by atoms with E-state index in [0.29, 0.717) is 10.6 Å². The summed E-state index contributed by atoms with van der Waals surface area (Å²) in [6, 6.07) is 16.8. The highest BCUT2D eigenvalue weighted by atomic mass is 32.2. The number of hydrogen-bond donors (Lipinski definition) is 1. The minimum absolute atomic E-state index is 0.114. The Morgan fingerprint density at radius 2 is 1.62 bits per heavy atom. The zero-order valence-electron chi connectivity index (χ0n) is 25.4. The van der Waals surface area contributed by atoms with Crippen molar-refractivity contribution < 1.29 is 45.8 Å². The van der Waals surface area contributed by atoms with Crippen LogP contribution in [0.2, 0.25) is 0 Å². The number of sulfonamides is 1. The van der Waals surface area contributed by atoms with E-state index >= 15 is 0 Å². The Balaban J connectivity index is 1.25. The summed E-state index contributed by atoms with van der Waals surface area (Å²) in [5.41, 5.74) is 0.739. The van der Waals surface area contributed by atoms with Crippen LogP contribution in [-0.2, 0) is 25.8 Å². The quantitative estimate of drug-likeness (QED) is 0.112. The van der Waals surface area contributed by atoms with Gasteiger partial charge in [0.15, 0.2) is 11.7 Å². The van der Waals surface area contributed by atoms with Gasteiger partial charge in [0.25, 0.3) is 27.7 Å². The lowest BCUT2D eigenvalue weighted by Crippen LogP contribution is -2.47. The summed E-state index contributed by atoms with van der Waals surface area (Å²) < 4.78 is 69.4. The topological polar surface area (TPSA) is 169 Å². The molecule has 0 fully saturated rings. The molecule has 1 aliphatic heterocycles. The summed E-state index contributed by atoms with van der Waals surface area (Å²) >= 11 is 0. The number of hydrazine groups is 1. The van der Waals surface area contributed by atoms with Gasteiger partial charge in [0.2, 0.25) is 12.0 Å². The third-order valence-corrected chi connectivity index (χ3v) is 8.74. The van der Waals surface area contributed by atoms with Gasteiger partial charge in [-0.2, -0.15) is 18.3 Å². The van der Waals surface area contributed by atoms with Crippen molar-refractivity contribution in [1.29, 1.82) is 0 Å². The molecular weight excluding hydrogens is 659 g/mol. The van der Waals surface area contributed by atoms with E-state index in [1.807, 2.05) is 11.6 Å². The number of rotatable bonds is 10. The molecule has 250 valence electrons. The lowest BCUT2D eigenvalue weighted by atomic mass is 10.1. The number of carbonyl (C=O) groups is 3. The average molecular weight is 686 g/mol. The molecule has 4 aromatic rings. The Hall–Kier alpha value is -5.78. The fourth-order valence-corrected chi connectivity index (χ4v) is 5.60. The van der Waals surface area contributed by atoms with Gasteiger partial charge < -0.3 is 10.0 Å². The fourth-order valence-electron chi connectivity index (χ4n) is 4.55. The van der Waals surface area contributed by atoms with Gasteiger partial charge in [0.05, 0.1) is 39.4 Å². The molecule has 0 aliphatic carbocycles. The summed E-state index contributed by atoms with van der Waals surface area (Å²) in [7, 11) is -3.40. The third kappa shape index (κ3) is 6.68. The van der Waals surface area contributed by atoms with Gasteiger partial charge in [-0.05, 0) is 56.3 Å². The number of hydrogen-bond acceptors (Lipinski definition) is 9. The first kappa shape index (κ1) is 33.6. The SMILES string of the molecule is Cc1ccc(-c2cc(C(F)(F)F)nn2-c2ccc(S(=O)(=O)NC(=O)[C@H](C)N(C)/[N+]([O-])=N\OCN3C(=O)c4ccccc4C3=O)cc2)cc1. The maximum absolute atomic E-state index is 13.5. The number of nitrogens with one attached hydrogen (secondary N) is 1. The highest BCUT2D eigenvalue weighted by Gasteiger charge is 2.37. The fraction of sp³-hybridized carbons (Fsp3) is 0.200. The number of likely N-dealkylation sites (N-methyl/N-ethyl adjacent to an activating group) is 1. The van der Waals surface area contributed by atoms with Gasteiger partial charge in [-0.15, -0.1) is 5.01 Å². The van der Waals surface area contributed by atoms with Crippen molar-refractivity contribution in [2.75, 3.05) is 13.8 Å². The van der Waals surface area contributed by atoms with Crippen molar-refractivity contribution >= 4 is 27.7 Å². The zero-order valence-corrected chi connectivity index (χ0v) is 26.2. The summed E-state index contributed by atoms with van der Waals surface area (Å²) in [6.45, 7) is 2.32. The second kappa shape index (κ2) is 12.8. The van der Waals surface area contributed by atoms with E-state index in [1.54, 1.807) is 36.4 Å². The van der Waals surface area contributed by atoms with E-state index in [1.165, 1.54) is 31.2 Å². The van der Waals surface area contributed by atoms with Crippen LogP contribution < -0.4 is 4.72 Å². The van der Waals surface area contributed by atoms with Crippen molar-refractivity contribution in [1.82, 2.24) is 24.4 Å². The summed E-state index contributed by atoms with van der Waals surface area (Å²) in [6.07, 6.45) is -4.74. The third-order valence-electron chi connectivity index (χ3n) is 7.38. The Morgan fingerprint density at radius 1 is 1.04 bits per heavy atom. The van der Waals surface area contributed by atoms with Crippen LogP contribution in [0.25, 0.3) is 16.9 Å². The first-order valence-corrected chi connectivity index (χ1v) is 15.5. The molecule has 1 aromatic heterocycles. The van der Waals surface area contributed by atoms with Crippen molar-refractivity contribution in [3.63, 3.8) is 0 Å². The molecule has 2 heterocycles. The highest BCUT2D eigenvalue weighted by Crippen LogP contribution is 2.33. The van der Waals surface area contributed by atoms with E-state index < -0.39 is 57.3 Å². The summed E-state index contributed by atoms with van der Waals surface area (Å²) in [4.78, 5) is 42.6. The Morgan fingerprint density at radius 3 is 2.19 bits per heavy atom. The number of aryl methyl sites for hydroxylation is 1.